The highest BCUT2D eigenvalue weighted by Gasteiger charge is 2.13. The summed E-state index contributed by atoms with van der Waals surface area (Å²) in [6.45, 7) is 5.82. The van der Waals surface area contributed by atoms with Gasteiger partial charge in [-0.2, -0.15) is 10.2 Å². The number of piperidine rings is 1. The third-order valence-corrected chi connectivity index (χ3v) is 6.98. The molecule has 2 aliphatic heterocycles. The van der Waals surface area contributed by atoms with Crippen LogP contribution in [-0.2, 0) is 0 Å². The van der Waals surface area contributed by atoms with Crippen molar-refractivity contribution in [3.8, 4) is 16.9 Å². The Balaban J connectivity index is 1.13. The van der Waals surface area contributed by atoms with E-state index in [4.69, 9.17) is 5.10 Å². The minimum atomic E-state index is 0.847. The zero-order valence-corrected chi connectivity index (χ0v) is 20.0. The van der Waals surface area contributed by atoms with Crippen LogP contribution >= 0.6 is 0 Å². The molecule has 0 radical (unpaired) electrons. The summed E-state index contributed by atoms with van der Waals surface area (Å²) in [6, 6.07) is 12.3. The number of allylic oxidation sites excluding steroid dienone is 2. The van der Waals surface area contributed by atoms with Crippen molar-refractivity contribution in [3.63, 3.8) is 0 Å². The number of hydrogen-bond donors (Lipinski definition) is 0. The number of nitrogens with zero attached hydrogens (tertiary/aromatic N) is 7. The quantitative estimate of drug-likeness (QED) is 0.397. The second-order valence-electron chi connectivity index (χ2n) is 9.38. The Morgan fingerprint density at radius 2 is 1.83 bits per heavy atom. The summed E-state index contributed by atoms with van der Waals surface area (Å²) in [6.07, 6.45) is 19.6. The van der Waals surface area contributed by atoms with Crippen LogP contribution in [0, 0.1) is 0 Å². The maximum atomic E-state index is 4.74. The molecule has 178 valence electrons. The fourth-order valence-corrected chi connectivity index (χ4v) is 5.05. The number of likely N-dealkylation sites (tertiary alicyclic amines) is 1. The molecule has 0 N–H and O–H groups in total. The third kappa shape index (κ3) is 4.77. The molecule has 0 saturated carbocycles. The molecule has 0 atom stereocenters. The average molecular weight is 466 g/mol. The molecule has 0 amide bonds. The van der Waals surface area contributed by atoms with Crippen LogP contribution in [0.4, 0.5) is 0 Å². The number of aromatic nitrogens is 5. The lowest BCUT2D eigenvalue weighted by atomic mass is 10.1. The van der Waals surface area contributed by atoms with Gasteiger partial charge in [0.05, 0.1) is 23.8 Å². The van der Waals surface area contributed by atoms with Crippen molar-refractivity contribution in [2.24, 2.45) is 0 Å². The van der Waals surface area contributed by atoms with E-state index in [0.717, 1.165) is 41.2 Å². The molecule has 0 bridgehead atoms. The van der Waals surface area contributed by atoms with E-state index in [2.05, 4.69) is 56.4 Å². The molecule has 35 heavy (non-hydrogen) atoms. The molecule has 0 unspecified atom stereocenters. The fraction of sp³-hybridized carbons (Fsp3) is 0.321. The van der Waals surface area contributed by atoms with Crippen LogP contribution in [0.1, 0.15) is 31.2 Å². The molecule has 5 heterocycles. The first-order valence-corrected chi connectivity index (χ1v) is 12.6. The van der Waals surface area contributed by atoms with Gasteiger partial charge in [0.1, 0.15) is 0 Å². The summed E-state index contributed by atoms with van der Waals surface area (Å²) >= 11 is 0. The lowest BCUT2D eigenvalue weighted by Crippen LogP contribution is -2.32. The zero-order chi connectivity index (χ0) is 23.5. The van der Waals surface area contributed by atoms with Gasteiger partial charge < -0.3 is 9.80 Å². The molecule has 4 aromatic rings. The van der Waals surface area contributed by atoms with E-state index in [1.807, 2.05) is 46.0 Å². The van der Waals surface area contributed by atoms with Crippen molar-refractivity contribution >= 4 is 11.2 Å². The lowest BCUT2D eigenvalue weighted by Gasteiger charge is -2.28. The van der Waals surface area contributed by atoms with Crippen LogP contribution in [0.3, 0.4) is 0 Å². The highest BCUT2D eigenvalue weighted by molar-refractivity contribution is 5.76. The van der Waals surface area contributed by atoms with Gasteiger partial charge in [-0.1, -0.05) is 24.6 Å². The van der Waals surface area contributed by atoms with Crippen molar-refractivity contribution in [2.75, 3.05) is 32.7 Å². The van der Waals surface area contributed by atoms with Crippen LogP contribution in [0.15, 0.2) is 79.5 Å². The normalized spacial score (nSPS) is 16.7. The minimum Gasteiger partial charge on any atom is -0.374 e. The first kappa shape index (κ1) is 21.8. The molecule has 2 aliphatic rings. The van der Waals surface area contributed by atoms with Crippen molar-refractivity contribution in [3.05, 3.63) is 85.1 Å². The Labute approximate surface area is 206 Å². The molecule has 1 fully saturated rings. The summed E-state index contributed by atoms with van der Waals surface area (Å²) in [4.78, 5) is 9.67. The molecule has 0 aliphatic carbocycles. The lowest BCUT2D eigenvalue weighted by molar-refractivity contribution is 0.218. The SMILES string of the molecule is C1=CN(CCCN2CCCCC2)CC=C1c1cnn2c(-c3cccc(-n4cccn4)c3)cnc2c1. The Hall–Kier alpha value is -3.71. The van der Waals surface area contributed by atoms with Gasteiger partial charge in [0.15, 0.2) is 5.65 Å². The fourth-order valence-electron chi connectivity index (χ4n) is 5.05. The summed E-state index contributed by atoms with van der Waals surface area (Å²) in [5.41, 5.74) is 6.19. The van der Waals surface area contributed by atoms with Crippen LogP contribution in [0.25, 0.3) is 28.2 Å². The average Bonchev–Trinajstić information content (AvgIpc) is 3.60. The Morgan fingerprint density at radius 3 is 2.66 bits per heavy atom. The van der Waals surface area contributed by atoms with Crippen LogP contribution in [-0.4, -0.2) is 66.9 Å². The predicted octanol–water partition coefficient (Wildman–Crippen LogP) is 4.67. The van der Waals surface area contributed by atoms with Crippen molar-refractivity contribution in [1.82, 2.24) is 34.2 Å². The van der Waals surface area contributed by atoms with Gasteiger partial charge in [0.25, 0.3) is 0 Å². The van der Waals surface area contributed by atoms with Crippen LogP contribution < -0.4 is 0 Å². The second-order valence-corrected chi connectivity index (χ2v) is 9.38. The number of rotatable bonds is 7. The van der Waals surface area contributed by atoms with Gasteiger partial charge in [-0.25, -0.2) is 14.2 Å². The number of imidazole rings is 1. The van der Waals surface area contributed by atoms with Crippen LogP contribution in [0.2, 0.25) is 0 Å². The Kier molecular flexibility index (Phi) is 6.15. The van der Waals surface area contributed by atoms with E-state index in [-0.39, 0.29) is 0 Å². The molecule has 1 aromatic carbocycles. The molecule has 7 heteroatoms. The highest BCUT2D eigenvalue weighted by Crippen LogP contribution is 2.25. The molecule has 7 nitrogen and oxygen atoms in total. The summed E-state index contributed by atoms with van der Waals surface area (Å²) in [7, 11) is 0. The van der Waals surface area contributed by atoms with E-state index in [1.54, 1.807) is 6.20 Å². The Morgan fingerprint density at radius 1 is 0.886 bits per heavy atom. The smallest absolute Gasteiger partial charge is 0.154 e. The van der Waals surface area contributed by atoms with E-state index in [1.165, 1.54) is 50.9 Å². The third-order valence-electron chi connectivity index (χ3n) is 6.98. The van der Waals surface area contributed by atoms with Crippen LogP contribution in [0.5, 0.6) is 0 Å². The summed E-state index contributed by atoms with van der Waals surface area (Å²) in [5, 5.41) is 9.08. The minimum absolute atomic E-state index is 0.847. The first-order chi connectivity index (χ1) is 17.3. The number of fused-ring (bicyclic) bond motifs is 1. The molecule has 6 rings (SSSR count). The molecular formula is C28H31N7. The zero-order valence-electron chi connectivity index (χ0n) is 20.0. The molecule has 1 saturated heterocycles. The predicted molar refractivity (Wildman–Crippen MR) is 139 cm³/mol. The van der Waals surface area contributed by atoms with E-state index in [0.29, 0.717) is 0 Å². The standard InChI is InChI=1S/C28H31N7/c1-2-12-32(13-3-1)14-6-15-33-17-9-23(10-18-33)25-20-28-29-22-27(35(28)31-21-25)24-7-4-8-26(19-24)34-16-5-11-30-34/h4-5,7-11,16-17,19-22H,1-3,6,12-15,18H2. The van der Waals surface area contributed by atoms with Crippen molar-refractivity contribution in [2.45, 2.75) is 25.7 Å². The van der Waals surface area contributed by atoms with E-state index < -0.39 is 0 Å². The maximum absolute atomic E-state index is 4.74. The van der Waals surface area contributed by atoms with Gasteiger partial charge in [-0.3, -0.25) is 0 Å². The van der Waals surface area contributed by atoms with Gasteiger partial charge in [-0.15, -0.1) is 0 Å². The number of benzene rings is 1. The van der Waals surface area contributed by atoms with Crippen molar-refractivity contribution in [1.29, 1.82) is 0 Å². The Bertz CT molecular complexity index is 1340. The van der Waals surface area contributed by atoms with Gasteiger partial charge in [0, 0.05) is 36.6 Å². The molecule has 3 aromatic heterocycles. The molecular weight excluding hydrogens is 434 g/mol. The highest BCUT2D eigenvalue weighted by atomic mass is 15.3. The second kappa shape index (κ2) is 9.88. The summed E-state index contributed by atoms with van der Waals surface area (Å²) in [5.74, 6) is 0. The van der Waals surface area contributed by atoms with Gasteiger partial charge in [-0.05, 0) is 81.0 Å². The summed E-state index contributed by atoms with van der Waals surface area (Å²) < 4.78 is 3.77. The van der Waals surface area contributed by atoms with Crippen molar-refractivity contribution < 1.29 is 0 Å². The maximum Gasteiger partial charge on any atom is 0.154 e. The largest absolute Gasteiger partial charge is 0.374 e. The van der Waals surface area contributed by atoms with E-state index >= 15 is 0 Å². The molecule has 0 spiro atoms. The monoisotopic (exact) mass is 465 g/mol. The number of hydrogen-bond acceptors (Lipinski definition) is 5. The topological polar surface area (TPSA) is 54.5 Å². The van der Waals surface area contributed by atoms with Gasteiger partial charge >= 0.3 is 0 Å². The van der Waals surface area contributed by atoms with Gasteiger partial charge in [0.2, 0.25) is 0 Å². The first-order valence-electron chi connectivity index (χ1n) is 12.6. The van der Waals surface area contributed by atoms with E-state index in [9.17, 15) is 0 Å².